The maximum absolute atomic E-state index is 13.1. The summed E-state index contributed by atoms with van der Waals surface area (Å²) in [4.78, 5) is 11.4. The normalized spacial score (nSPS) is 12.0. The second-order valence-corrected chi connectivity index (χ2v) is 5.87. The summed E-state index contributed by atoms with van der Waals surface area (Å²) in [5.41, 5.74) is 1.40. The predicted octanol–water partition coefficient (Wildman–Crippen LogP) is 4.09. The van der Waals surface area contributed by atoms with Crippen molar-refractivity contribution in [3.8, 4) is 0 Å². The van der Waals surface area contributed by atoms with E-state index in [0.29, 0.717) is 12.1 Å². The molecule has 1 N–H and O–H groups in total. The van der Waals surface area contributed by atoms with E-state index in [1.54, 1.807) is 4.57 Å². The van der Waals surface area contributed by atoms with Crippen LogP contribution in [0.4, 0.5) is 19.0 Å². The first-order valence-electron chi connectivity index (χ1n) is 7.91. The molecule has 26 heavy (non-hydrogen) atoms. The third kappa shape index (κ3) is 2.83. The summed E-state index contributed by atoms with van der Waals surface area (Å²) in [6.07, 6.45) is -3.15. The number of alkyl halides is 3. The monoisotopic (exact) mass is 357 g/mol. The third-order valence-corrected chi connectivity index (χ3v) is 4.12. The molecule has 0 saturated carbocycles. The molecule has 8 heteroatoms. The fourth-order valence-corrected chi connectivity index (χ4v) is 2.89. The van der Waals surface area contributed by atoms with Crippen LogP contribution in [0.15, 0.2) is 48.8 Å². The fraction of sp³-hybridized carbons (Fsp3) is 0.167. The van der Waals surface area contributed by atoms with Gasteiger partial charge in [0.1, 0.15) is 5.52 Å². The molecule has 5 nitrogen and oxygen atoms in total. The van der Waals surface area contributed by atoms with Crippen LogP contribution in [-0.2, 0) is 12.7 Å². The van der Waals surface area contributed by atoms with Crippen LogP contribution in [0.1, 0.15) is 11.4 Å². The lowest BCUT2D eigenvalue weighted by atomic mass is 10.1. The summed E-state index contributed by atoms with van der Waals surface area (Å²) in [5, 5.41) is 4.83. The maximum Gasteiger partial charge on any atom is 0.451 e. The SMILES string of the molecule is CNc1nc(C(F)(F)F)nc2c1ncn2Cc1ccc2ccccc2c1. The number of rotatable bonds is 3. The molecule has 0 amide bonds. The molecular formula is C18H14F3N5. The number of aromatic nitrogens is 4. The Bertz CT molecular complexity index is 1100. The van der Waals surface area contributed by atoms with Gasteiger partial charge in [-0.2, -0.15) is 13.2 Å². The highest BCUT2D eigenvalue weighted by molar-refractivity contribution is 5.84. The molecular weight excluding hydrogens is 343 g/mol. The summed E-state index contributed by atoms with van der Waals surface area (Å²) >= 11 is 0. The quantitative estimate of drug-likeness (QED) is 0.600. The van der Waals surface area contributed by atoms with Crippen LogP contribution >= 0.6 is 0 Å². The van der Waals surface area contributed by atoms with Crippen molar-refractivity contribution < 1.29 is 13.2 Å². The molecule has 132 valence electrons. The van der Waals surface area contributed by atoms with Gasteiger partial charge in [0.25, 0.3) is 0 Å². The molecule has 0 spiro atoms. The van der Waals surface area contributed by atoms with Crippen LogP contribution < -0.4 is 5.32 Å². The van der Waals surface area contributed by atoms with E-state index >= 15 is 0 Å². The molecule has 4 rings (SSSR count). The van der Waals surface area contributed by atoms with Crippen molar-refractivity contribution in [1.82, 2.24) is 19.5 Å². The molecule has 2 aromatic heterocycles. The van der Waals surface area contributed by atoms with E-state index in [9.17, 15) is 13.2 Å². The number of halogens is 3. The second kappa shape index (κ2) is 5.98. The van der Waals surface area contributed by atoms with Gasteiger partial charge < -0.3 is 9.88 Å². The number of hydrogen-bond acceptors (Lipinski definition) is 4. The van der Waals surface area contributed by atoms with E-state index in [-0.39, 0.29) is 11.5 Å². The van der Waals surface area contributed by atoms with Gasteiger partial charge in [0.2, 0.25) is 5.82 Å². The van der Waals surface area contributed by atoms with E-state index in [0.717, 1.165) is 16.3 Å². The van der Waals surface area contributed by atoms with E-state index in [2.05, 4.69) is 20.3 Å². The first kappa shape index (κ1) is 16.3. The highest BCUT2D eigenvalue weighted by atomic mass is 19.4. The van der Waals surface area contributed by atoms with Gasteiger partial charge in [0, 0.05) is 7.05 Å². The average Bonchev–Trinajstić information content (AvgIpc) is 3.03. The lowest BCUT2D eigenvalue weighted by Gasteiger charge is -2.10. The van der Waals surface area contributed by atoms with Crippen LogP contribution in [-0.4, -0.2) is 26.6 Å². The van der Waals surface area contributed by atoms with Crippen LogP contribution in [0.2, 0.25) is 0 Å². The number of nitrogens with zero attached hydrogens (tertiary/aromatic N) is 4. The Labute approximate surface area is 146 Å². The van der Waals surface area contributed by atoms with Crippen LogP contribution in [0.3, 0.4) is 0 Å². The number of benzene rings is 2. The van der Waals surface area contributed by atoms with Crippen molar-refractivity contribution in [1.29, 1.82) is 0 Å². The van der Waals surface area contributed by atoms with Crippen molar-refractivity contribution in [2.75, 3.05) is 12.4 Å². The first-order chi connectivity index (χ1) is 12.5. The van der Waals surface area contributed by atoms with Crippen molar-refractivity contribution in [3.05, 3.63) is 60.2 Å². The predicted molar refractivity (Wildman–Crippen MR) is 92.9 cm³/mol. The molecule has 0 bridgehead atoms. The zero-order chi connectivity index (χ0) is 18.3. The molecule has 0 radical (unpaired) electrons. The van der Waals surface area contributed by atoms with E-state index < -0.39 is 12.0 Å². The van der Waals surface area contributed by atoms with Gasteiger partial charge in [-0.3, -0.25) is 0 Å². The minimum Gasteiger partial charge on any atom is -0.371 e. The standard InChI is InChI=1S/C18H14F3N5/c1-22-15-14-16(25-17(24-15)18(19,20)21)26(10-23-14)9-11-6-7-12-4-2-3-5-13(12)8-11/h2-8,10H,9H2,1H3,(H,22,24,25). The molecule has 0 fully saturated rings. The second-order valence-electron chi connectivity index (χ2n) is 5.87. The number of nitrogens with one attached hydrogen (secondary N) is 1. The van der Waals surface area contributed by atoms with Crippen LogP contribution in [0.25, 0.3) is 21.9 Å². The summed E-state index contributed by atoms with van der Waals surface area (Å²) in [6.45, 7) is 0.360. The summed E-state index contributed by atoms with van der Waals surface area (Å²) < 4.78 is 40.9. The van der Waals surface area contributed by atoms with Crippen molar-refractivity contribution >= 4 is 27.8 Å². The maximum atomic E-state index is 13.1. The average molecular weight is 357 g/mol. The Hall–Kier alpha value is -3.16. The summed E-state index contributed by atoms with van der Waals surface area (Å²) in [7, 11) is 1.50. The Morgan fingerprint density at radius 2 is 1.81 bits per heavy atom. The molecule has 0 aliphatic heterocycles. The van der Waals surface area contributed by atoms with E-state index in [1.807, 2.05) is 42.5 Å². The number of fused-ring (bicyclic) bond motifs is 2. The molecule has 0 unspecified atom stereocenters. The third-order valence-electron chi connectivity index (χ3n) is 4.12. The van der Waals surface area contributed by atoms with E-state index in [4.69, 9.17) is 0 Å². The minimum absolute atomic E-state index is 0.0552. The molecule has 0 aliphatic carbocycles. The number of anilines is 1. The molecule has 2 heterocycles. The first-order valence-corrected chi connectivity index (χ1v) is 7.91. The highest BCUT2D eigenvalue weighted by Gasteiger charge is 2.36. The Kier molecular flexibility index (Phi) is 3.75. The number of hydrogen-bond donors (Lipinski definition) is 1. The minimum atomic E-state index is -4.63. The molecule has 0 atom stereocenters. The lowest BCUT2D eigenvalue weighted by Crippen LogP contribution is -2.13. The Balaban J connectivity index is 1.80. The van der Waals surface area contributed by atoms with Gasteiger partial charge in [-0.25, -0.2) is 15.0 Å². The van der Waals surface area contributed by atoms with Gasteiger partial charge in [-0.15, -0.1) is 0 Å². The van der Waals surface area contributed by atoms with Gasteiger partial charge in [-0.1, -0.05) is 36.4 Å². The summed E-state index contributed by atoms with van der Waals surface area (Å²) in [6, 6.07) is 13.8. The zero-order valence-electron chi connectivity index (χ0n) is 13.7. The Morgan fingerprint density at radius 3 is 2.54 bits per heavy atom. The van der Waals surface area contributed by atoms with Crippen molar-refractivity contribution in [3.63, 3.8) is 0 Å². The van der Waals surface area contributed by atoms with Crippen molar-refractivity contribution in [2.24, 2.45) is 0 Å². The fourth-order valence-electron chi connectivity index (χ4n) is 2.89. The van der Waals surface area contributed by atoms with Gasteiger partial charge in [-0.05, 0) is 22.4 Å². The van der Waals surface area contributed by atoms with Crippen LogP contribution in [0.5, 0.6) is 0 Å². The molecule has 4 aromatic rings. The van der Waals surface area contributed by atoms with Crippen molar-refractivity contribution in [2.45, 2.75) is 12.7 Å². The Morgan fingerprint density at radius 1 is 1.04 bits per heavy atom. The molecule has 0 saturated heterocycles. The van der Waals surface area contributed by atoms with Gasteiger partial charge >= 0.3 is 6.18 Å². The van der Waals surface area contributed by atoms with Crippen LogP contribution in [0, 0.1) is 0 Å². The molecule has 2 aromatic carbocycles. The summed E-state index contributed by atoms with van der Waals surface area (Å²) in [5.74, 6) is -1.13. The highest BCUT2D eigenvalue weighted by Crippen LogP contribution is 2.30. The number of imidazole rings is 1. The lowest BCUT2D eigenvalue weighted by molar-refractivity contribution is -0.144. The van der Waals surface area contributed by atoms with E-state index in [1.165, 1.54) is 13.4 Å². The van der Waals surface area contributed by atoms with Gasteiger partial charge in [0.15, 0.2) is 11.5 Å². The van der Waals surface area contributed by atoms with Gasteiger partial charge in [0.05, 0.1) is 12.9 Å². The zero-order valence-corrected chi connectivity index (χ0v) is 13.7. The largest absolute Gasteiger partial charge is 0.451 e. The smallest absolute Gasteiger partial charge is 0.371 e. The topological polar surface area (TPSA) is 55.6 Å². The molecule has 0 aliphatic rings.